The number of rotatable bonds is 7. The molecule has 0 spiro atoms. The molecule has 2 N–H and O–H groups in total. The number of ether oxygens (including phenoxy) is 1. The Morgan fingerprint density at radius 1 is 1.22 bits per heavy atom. The average molecular weight is 333 g/mol. The van der Waals surface area contributed by atoms with Gasteiger partial charge in [-0.25, -0.2) is 0 Å². The van der Waals surface area contributed by atoms with E-state index in [0.29, 0.717) is 24.5 Å². The summed E-state index contributed by atoms with van der Waals surface area (Å²) < 4.78 is 5.26. The zero-order valence-electron chi connectivity index (χ0n) is 13.4. The Kier molecular flexibility index (Phi) is 6.29. The molecule has 23 heavy (non-hydrogen) atoms. The molecule has 0 bridgehead atoms. The van der Waals surface area contributed by atoms with E-state index in [4.69, 9.17) is 16.3 Å². The molecular weight excluding hydrogens is 312 g/mol. The summed E-state index contributed by atoms with van der Waals surface area (Å²) in [6.45, 7) is 3.01. The number of aryl methyl sites for hydroxylation is 1. The van der Waals surface area contributed by atoms with E-state index < -0.39 is 0 Å². The van der Waals surface area contributed by atoms with Crippen molar-refractivity contribution in [3.8, 4) is 5.75 Å². The first-order valence-corrected chi connectivity index (χ1v) is 7.86. The van der Waals surface area contributed by atoms with E-state index in [9.17, 15) is 4.79 Å². The summed E-state index contributed by atoms with van der Waals surface area (Å²) in [6.07, 6.45) is 0.390. The first-order valence-electron chi connectivity index (χ1n) is 7.49. The highest BCUT2D eigenvalue weighted by atomic mass is 35.5. The molecule has 1 amide bonds. The maximum absolute atomic E-state index is 11.9. The predicted molar refractivity (Wildman–Crippen MR) is 94.1 cm³/mol. The Morgan fingerprint density at radius 3 is 2.78 bits per heavy atom. The van der Waals surface area contributed by atoms with Gasteiger partial charge in [0, 0.05) is 35.8 Å². The number of methoxy groups -OCH3 is 1. The van der Waals surface area contributed by atoms with Crippen LogP contribution in [0.4, 0.5) is 5.69 Å². The van der Waals surface area contributed by atoms with Crippen LogP contribution in [0.5, 0.6) is 5.75 Å². The largest absolute Gasteiger partial charge is 0.496 e. The van der Waals surface area contributed by atoms with E-state index >= 15 is 0 Å². The maximum atomic E-state index is 11.9. The van der Waals surface area contributed by atoms with Crippen LogP contribution in [0, 0.1) is 6.92 Å². The van der Waals surface area contributed by atoms with Gasteiger partial charge >= 0.3 is 0 Å². The van der Waals surface area contributed by atoms with Gasteiger partial charge in [-0.2, -0.15) is 0 Å². The minimum atomic E-state index is -0.0110. The molecule has 2 aromatic carbocycles. The number of carbonyl (C=O) groups excluding carboxylic acids is 1. The summed E-state index contributed by atoms with van der Waals surface area (Å²) in [5, 5.41) is 6.82. The first kappa shape index (κ1) is 17.2. The van der Waals surface area contributed by atoms with Gasteiger partial charge in [-0.1, -0.05) is 35.9 Å². The number of benzene rings is 2. The minimum Gasteiger partial charge on any atom is -0.496 e. The molecule has 0 saturated carbocycles. The van der Waals surface area contributed by atoms with Crippen LogP contribution < -0.4 is 15.4 Å². The summed E-state index contributed by atoms with van der Waals surface area (Å²) in [6, 6.07) is 13.3. The molecule has 0 saturated heterocycles. The summed E-state index contributed by atoms with van der Waals surface area (Å²) >= 11 is 5.97. The van der Waals surface area contributed by atoms with Crippen molar-refractivity contribution in [2.75, 3.05) is 19.0 Å². The van der Waals surface area contributed by atoms with Crippen LogP contribution in [-0.4, -0.2) is 19.6 Å². The molecule has 0 heterocycles. The molecular formula is C18H21ClN2O2. The van der Waals surface area contributed by atoms with Crippen LogP contribution in [0.1, 0.15) is 17.5 Å². The summed E-state index contributed by atoms with van der Waals surface area (Å²) in [5.74, 6) is 0.767. The van der Waals surface area contributed by atoms with Crippen molar-refractivity contribution < 1.29 is 9.53 Å². The highest BCUT2D eigenvalue weighted by Crippen LogP contribution is 2.20. The lowest BCUT2D eigenvalue weighted by Crippen LogP contribution is -2.25. The first-order chi connectivity index (χ1) is 11.1. The molecule has 0 atom stereocenters. The zero-order chi connectivity index (χ0) is 16.7. The Hall–Kier alpha value is -2.20. The maximum Gasteiger partial charge on any atom is 0.222 e. The number of amides is 1. The lowest BCUT2D eigenvalue weighted by atomic mass is 10.2. The second-order valence-corrected chi connectivity index (χ2v) is 5.66. The molecule has 0 fully saturated rings. The highest BCUT2D eigenvalue weighted by Gasteiger charge is 2.05. The number of para-hydroxylation sites is 1. The molecule has 2 aromatic rings. The van der Waals surface area contributed by atoms with Gasteiger partial charge in [-0.05, 0) is 30.7 Å². The summed E-state index contributed by atoms with van der Waals surface area (Å²) in [5.41, 5.74) is 3.01. The van der Waals surface area contributed by atoms with E-state index in [1.807, 2.05) is 49.4 Å². The molecule has 4 nitrogen and oxygen atoms in total. The zero-order valence-corrected chi connectivity index (χ0v) is 14.1. The van der Waals surface area contributed by atoms with Crippen LogP contribution in [0.3, 0.4) is 0 Å². The van der Waals surface area contributed by atoms with E-state index in [1.54, 1.807) is 7.11 Å². The lowest BCUT2D eigenvalue weighted by Gasteiger charge is -2.11. The number of anilines is 1. The van der Waals surface area contributed by atoms with Gasteiger partial charge in [0.1, 0.15) is 5.75 Å². The van der Waals surface area contributed by atoms with Crippen LogP contribution in [0.2, 0.25) is 5.02 Å². The SMILES string of the molecule is COc1ccccc1CNC(=O)CCNc1cc(Cl)ccc1C. The van der Waals surface area contributed by atoms with Gasteiger partial charge in [0.05, 0.1) is 7.11 Å². The van der Waals surface area contributed by atoms with Gasteiger partial charge in [0.15, 0.2) is 0 Å². The third-order valence-electron chi connectivity index (χ3n) is 3.54. The Bertz CT molecular complexity index is 674. The van der Waals surface area contributed by atoms with Crippen LogP contribution in [-0.2, 0) is 11.3 Å². The van der Waals surface area contributed by atoms with Crippen LogP contribution in [0.25, 0.3) is 0 Å². The lowest BCUT2D eigenvalue weighted by molar-refractivity contribution is -0.121. The van der Waals surface area contributed by atoms with E-state index in [1.165, 1.54) is 0 Å². The van der Waals surface area contributed by atoms with E-state index in [0.717, 1.165) is 22.6 Å². The molecule has 0 aliphatic carbocycles. The molecule has 0 unspecified atom stereocenters. The molecule has 5 heteroatoms. The third-order valence-corrected chi connectivity index (χ3v) is 3.77. The second kappa shape index (κ2) is 8.44. The fraction of sp³-hybridized carbons (Fsp3) is 0.278. The van der Waals surface area contributed by atoms with Gasteiger partial charge in [0.25, 0.3) is 0 Å². The standard InChI is InChI=1S/C18H21ClN2O2/c1-13-7-8-15(19)11-16(13)20-10-9-18(22)21-12-14-5-3-4-6-17(14)23-2/h3-8,11,20H,9-10,12H2,1-2H3,(H,21,22). The molecule has 2 rings (SSSR count). The number of hydrogen-bond donors (Lipinski definition) is 2. The van der Waals surface area contributed by atoms with Crippen molar-refractivity contribution in [3.05, 3.63) is 58.6 Å². The molecule has 122 valence electrons. The van der Waals surface area contributed by atoms with E-state index in [-0.39, 0.29) is 5.91 Å². The highest BCUT2D eigenvalue weighted by molar-refractivity contribution is 6.30. The Morgan fingerprint density at radius 2 is 2.00 bits per heavy atom. The van der Waals surface area contributed by atoms with Crippen molar-refractivity contribution >= 4 is 23.2 Å². The number of hydrogen-bond acceptors (Lipinski definition) is 3. The summed E-state index contributed by atoms with van der Waals surface area (Å²) in [4.78, 5) is 11.9. The third kappa shape index (κ3) is 5.18. The van der Waals surface area contributed by atoms with Crippen molar-refractivity contribution in [2.45, 2.75) is 19.9 Å². The molecule has 0 radical (unpaired) electrons. The Balaban J connectivity index is 1.78. The summed E-state index contributed by atoms with van der Waals surface area (Å²) in [7, 11) is 1.62. The van der Waals surface area contributed by atoms with Crippen molar-refractivity contribution in [1.82, 2.24) is 5.32 Å². The topological polar surface area (TPSA) is 50.4 Å². The number of halogens is 1. The fourth-order valence-electron chi connectivity index (χ4n) is 2.23. The van der Waals surface area contributed by atoms with Crippen molar-refractivity contribution in [2.24, 2.45) is 0 Å². The van der Waals surface area contributed by atoms with Crippen molar-refractivity contribution in [3.63, 3.8) is 0 Å². The quantitative estimate of drug-likeness (QED) is 0.811. The monoisotopic (exact) mass is 332 g/mol. The number of nitrogens with one attached hydrogen (secondary N) is 2. The van der Waals surface area contributed by atoms with Crippen LogP contribution in [0.15, 0.2) is 42.5 Å². The molecule has 0 aliphatic rings. The van der Waals surface area contributed by atoms with Crippen LogP contribution >= 0.6 is 11.6 Å². The predicted octanol–water partition coefficient (Wildman–Crippen LogP) is 3.78. The minimum absolute atomic E-state index is 0.0110. The molecule has 0 aromatic heterocycles. The molecule has 0 aliphatic heterocycles. The Labute approximate surface area is 141 Å². The van der Waals surface area contributed by atoms with Crippen molar-refractivity contribution in [1.29, 1.82) is 0 Å². The second-order valence-electron chi connectivity index (χ2n) is 5.22. The smallest absolute Gasteiger partial charge is 0.222 e. The normalized spacial score (nSPS) is 10.2. The van der Waals surface area contributed by atoms with Gasteiger partial charge in [-0.3, -0.25) is 4.79 Å². The number of carbonyl (C=O) groups is 1. The van der Waals surface area contributed by atoms with Gasteiger partial charge in [-0.15, -0.1) is 0 Å². The van der Waals surface area contributed by atoms with E-state index in [2.05, 4.69) is 10.6 Å². The van der Waals surface area contributed by atoms with Gasteiger partial charge in [0.2, 0.25) is 5.91 Å². The average Bonchev–Trinajstić information content (AvgIpc) is 2.56. The fourth-order valence-corrected chi connectivity index (χ4v) is 2.40. The van der Waals surface area contributed by atoms with Gasteiger partial charge < -0.3 is 15.4 Å².